The monoisotopic (exact) mass is 442 g/mol. The molecule has 8 heteroatoms. The van der Waals surface area contributed by atoms with Crippen LogP contribution in [-0.4, -0.2) is 51.7 Å². The molecule has 0 unspecified atom stereocenters. The Kier molecular flexibility index (Phi) is 19.3. The molecule has 2 amide bonds. The number of amides is 2. The fourth-order valence-corrected chi connectivity index (χ4v) is 2.43. The van der Waals surface area contributed by atoms with Crippen LogP contribution >= 0.6 is 0 Å². The number of unbranched alkanes of at least 4 members (excludes halogenated alkanes) is 6. The third kappa shape index (κ3) is 23.8. The number of nitrogens with one attached hydrogen (secondary N) is 2. The van der Waals surface area contributed by atoms with Gasteiger partial charge in [-0.3, -0.25) is 0 Å². The lowest BCUT2D eigenvalue weighted by atomic mass is 10.1. The molecule has 0 bridgehead atoms. The van der Waals surface area contributed by atoms with Gasteiger partial charge in [0.15, 0.2) is 0 Å². The molecule has 0 atom stereocenters. The molecule has 2 N–H and O–H groups in total. The fraction of sp³-hybridized carbons (Fsp3) is 0.739. The third-order valence-corrected chi connectivity index (χ3v) is 3.90. The van der Waals surface area contributed by atoms with E-state index < -0.39 is 12.2 Å². The lowest BCUT2D eigenvalue weighted by Crippen LogP contribution is -2.26. The van der Waals surface area contributed by atoms with E-state index in [0.29, 0.717) is 26.3 Å². The summed E-state index contributed by atoms with van der Waals surface area (Å²) in [6.45, 7) is 10.2. The van der Waals surface area contributed by atoms with E-state index in [1.807, 2.05) is 27.7 Å². The average molecular weight is 443 g/mol. The van der Waals surface area contributed by atoms with Crippen molar-refractivity contribution in [3.63, 3.8) is 0 Å². The fourth-order valence-electron chi connectivity index (χ4n) is 2.43. The van der Waals surface area contributed by atoms with Crippen LogP contribution in [0.3, 0.4) is 0 Å². The summed E-state index contributed by atoms with van der Waals surface area (Å²) in [7, 11) is 0. The molecule has 0 saturated carbocycles. The van der Waals surface area contributed by atoms with Gasteiger partial charge in [-0.25, -0.2) is 9.59 Å². The van der Waals surface area contributed by atoms with Gasteiger partial charge in [-0.05, 0) is 51.7 Å². The van der Waals surface area contributed by atoms with Gasteiger partial charge in [0.25, 0.3) is 0 Å². The van der Waals surface area contributed by atoms with Crippen molar-refractivity contribution in [1.82, 2.24) is 10.6 Å². The quantitative estimate of drug-likeness (QED) is 0.228. The molecule has 0 aromatic rings. The smallest absolute Gasteiger partial charge is 0.407 e. The largest absolute Gasteiger partial charge is 0.498 e. The van der Waals surface area contributed by atoms with Gasteiger partial charge in [0.05, 0.1) is 12.5 Å². The first-order chi connectivity index (χ1) is 14.9. The van der Waals surface area contributed by atoms with Gasteiger partial charge in [0, 0.05) is 13.1 Å². The van der Waals surface area contributed by atoms with Crippen LogP contribution in [0, 0.1) is 0 Å². The molecule has 0 spiro atoms. The zero-order chi connectivity index (χ0) is 23.2. The minimum Gasteiger partial charge on any atom is -0.498 e. The first kappa shape index (κ1) is 28.6. The number of carbonyl (C=O) groups is 2. The maximum absolute atomic E-state index is 11.5. The summed E-state index contributed by atoms with van der Waals surface area (Å²) in [4.78, 5) is 23.0. The van der Waals surface area contributed by atoms with E-state index in [1.165, 1.54) is 0 Å². The second-order valence-electron chi connectivity index (χ2n) is 7.73. The molecule has 0 aromatic carbocycles. The molecule has 8 nitrogen and oxygen atoms in total. The van der Waals surface area contributed by atoms with Crippen LogP contribution in [0.4, 0.5) is 9.59 Å². The molecule has 0 saturated heterocycles. The van der Waals surface area contributed by atoms with Crippen molar-refractivity contribution in [1.29, 1.82) is 0 Å². The summed E-state index contributed by atoms with van der Waals surface area (Å²) in [5, 5.41) is 5.49. The Labute approximate surface area is 187 Å². The predicted molar refractivity (Wildman–Crippen MR) is 122 cm³/mol. The highest BCUT2D eigenvalue weighted by atomic mass is 16.6. The van der Waals surface area contributed by atoms with Crippen LogP contribution in [0.1, 0.15) is 72.6 Å². The minimum absolute atomic E-state index is 0.243. The number of allylic oxidation sites excluding steroid dienone is 2. The molecule has 0 aromatic heterocycles. The predicted octanol–water partition coefficient (Wildman–Crippen LogP) is 5.05. The Morgan fingerprint density at radius 1 is 0.581 bits per heavy atom. The summed E-state index contributed by atoms with van der Waals surface area (Å²) in [6, 6.07) is 0. The molecule has 0 rings (SSSR count). The zero-order valence-electron chi connectivity index (χ0n) is 19.8. The third-order valence-electron chi connectivity index (χ3n) is 3.90. The van der Waals surface area contributed by atoms with Gasteiger partial charge in [0.2, 0.25) is 0 Å². The summed E-state index contributed by atoms with van der Waals surface area (Å²) in [5.41, 5.74) is 2.14. The molecule has 31 heavy (non-hydrogen) atoms. The van der Waals surface area contributed by atoms with E-state index in [0.717, 1.165) is 56.1 Å². The topological polar surface area (TPSA) is 95.1 Å². The molecule has 0 aliphatic carbocycles. The van der Waals surface area contributed by atoms with Crippen molar-refractivity contribution in [2.45, 2.75) is 72.6 Å². The van der Waals surface area contributed by atoms with Gasteiger partial charge >= 0.3 is 12.2 Å². The van der Waals surface area contributed by atoms with E-state index in [-0.39, 0.29) is 13.2 Å². The minimum atomic E-state index is -0.396. The number of hydrogen-bond acceptors (Lipinski definition) is 6. The van der Waals surface area contributed by atoms with Crippen LogP contribution in [0.2, 0.25) is 0 Å². The number of carbonyl (C=O) groups excluding carboxylic acids is 2. The second-order valence-corrected chi connectivity index (χ2v) is 7.73. The molecule has 0 aliphatic heterocycles. The normalized spacial score (nSPS) is 9.94. The van der Waals surface area contributed by atoms with Crippen molar-refractivity contribution in [3.8, 4) is 0 Å². The van der Waals surface area contributed by atoms with Gasteiger partial charge in [-0.1, -0.05) is 32.1 Å². The van der Waals surface area contributed by atoms with Crippen molar-refractivity contribution < 1.29 is 28.5 Å². The molecular weight excluding hydrogens is 400 g/mol. The van der Waals surface area contributed by atoms with Crippen molar-refractivity contribution in [3.05, 3.63) is 23.7 Å². The summed E-state index contributed by atoms with van der Waals surface area (Å²) >= 11 is 0. The summed E-state index contributed by atoms with van der Waals surface area (Å²) < 4.78 is 20.4. The lowest BCUT2D eigenvalue weighted by Gasteiger charge is -2.08. The lowest BCUT2D eigenvalue weighted by molar-refractivity contribution is 0.111. The first-order valence-corrected chi connectivity index (χ1v) is 11.2. The van der Waals surface area contributed by atoms with Crippen LogP contribution in [0.15, 0.2) is 23.7 Å². The van der Waals surface area contributed by atoms with Crippen LogP contribution < -0.4 is 10.6 Å². The van der Waals surface area contributed by atoms with E-state index in [2.05, 4.69) is 10.6 Å². The van der Waals surface area contributed by atoms with E-state index in [9.17, 15) is 9.59 Å². The zero-order valence-corrected chi connectivity index (χ0v) is 19.8. The standard InChI is InChI=1S/C23H42N2O6/c1-20(2)18-28-14-16-30-22(26)24-12-10-8-6-5-7-9-11-13-25-23(27)31-17-15-29-19-21(3)4/h18-19H,5-17H2,1-4H3,(H,24,26)(H,25,27). The second kappa shape index (κ2) is 20.9. The van der Waals surface area contributed by atoms with E-state index in [1.54, 1.807) is 12.5 Å². The average Bonchev–Trinajstić information content (AvgIpc) is 2.71. The van der Waals surface area contributed by atoms with Gasteiger partial charge < -0.3 is 29.6 Å². The number of rotatable bonds is 18. The van der Waals surface area contributed by atoms with Gasteiger partial charge in [-0.2, -0.15) is 0 Å². The molecule has 0 aliphatic rings. The highest BCUT2D eigenvalue weighted by Gasteiger charge is 2.02. The molecular formula is C23H42N2O6. The van der Waals surface area contributed by atoms with E-state index >= 15 is 0 Å². The highest BCUT2D eigenvalue weighted by Crippen LogP contribution is 2.06. The Morgan fingerprint density at radius 2 is 0.935 bits per heavy atom. The highest BCUT2D eigenvalue weighted by molar-refractivity contribution is 5.67. The number of alkyl carbamates (subject to hydrolysis) is 2. The molecule has 0 radical (unpaired) electrons. The maximum Gasteiger partial charge on any atom is 0.407 e. The molecule has 0 heterocycles. The number of ether oxygens (including phenoxy) is 4. The van der Waals surface area contributed by atoms with Crippen molar-refractivity contribution in [2.75, 3.05) is 39.5 Å². The van der Waals surface area contributed by atoms with Crippen LogP contribution in [0.25, 0.3) is 0 Å². The van der Waals surface area contributed by atoms with Crippen LogP contribution in [-0.2, 0) is 18.9 Å². The number of hydrogen-bond donors (Lipinski definition) is 2. The molecule has 180 valence electrons. The Bertz CT molecular complexity index is 480. The molecule has 0 fully saturated rings. The maximum atomic E-state index is 11.5. The first-order valence-electron chi connectivity index (χ1n) is 11.2. The van der Waals surface area contributed by atoms with Gasteiger partial charge in [0.1, 0.15) is 26.4 Å². The Hall–Kier alpha value is -2.38. The Morgan fingerprint density at radius 3 is 1.29 bits per heavy atom. The summed E-state index contributed by atoms with van der Waals surface area (Å²) in [6.07, 6.45) is 9.95. The van der Waals surface area contributed by atoms with Crippen molar-refractivity contribution in [2.24, 2.45) is 0 Å². The van der Waals surface area contributed by atoms with E-state index in [4.69, 9.17) is 18.9 Å². The SMILES string of the molecule is CC(C)=COCCOC(=O)NCCCCCCCCCNC(=O)OCCOC=C(C)C. The van der Waals surface area contributed by atoms with Crippen LogP contribution in [0.5, 0.6) is 0 Å². The Balaban J connectivity index is 3.30. The summed E-state index contributed by atoms with van der Waals surface area (Å²) in [5.74, 6) is 0. The van der Waals surface area contributed by atoms with Crippen molar-refractivity contribution >= 4 is 12.2 Å². The van der Waals surface area contributed by atoms with Gasteiger partial charge in [-0.15, -0.1) is 0 Å².